The number of fused-ring (bicyclic) bond motifs is 1. The second-order valence-corrected chi connectivity index (χ2v) is 6.95. The Balaban J connectivity index is 1.68. The molecule has 0 bridgehead atoms. The van der Waals surface area contributed by atoms with Crippen LogP contribution in [0.1, 0.15) is 30.4 Å². The molecule has 140 valence electrons. The normalized spacial score (nSPS) is 12.1. The van der Waals surface area contributed by atoms with Crippen LogP contribution in [0.4, 0.5) is 5.69 Å². The van der Waals surface area contributed by atoms with Crippen molar-refractivity contribution >= 4 is 17.2 Å². The molecule has 0 saturated heterocycles. The lowest BCUT2D eigenvalue weighted by molar-refractivity contribution is -0.117. The SMILES string of the molecule is CCC(C(=O)Nc1ccccc1-c1cn2cccc(C)c2n1)c1ccccc1. The summed E-state index contributed by atoms with van der Waals surface area (Å²) in [5.41, 5.74) is 5.62. The number of pyridine rings is 1. The monoisotopic (exact) mass is 369 g/mol. The van der Waals surface area contributed by atoms with E-state index >= 15 is 0 Å². The summed E-state index contributed by atoms with van der Waals surface area (Å²) in [5.74, 6) is -0.182. The van der Waals surface area contributed by atoms with Gasteiger partial charge in [-0.25, -0.2) is 4.98 Å². The summed E-state index contributed by atoms with van der Waals surface area (Å²) in [5, 5.41) is 3.13. The zero-order valence-corrected chi connectivity index (χ0v) is 16.1. The third-order valence-electron chi connectivity index (χ3n) is 5.07. The number of nitrogens with one attached hydrogen (secondary N) is 1. The van der Waals surface area contributed by atoms with Gasteiger partial charge in [-0.15, -0.1) is 0 Å². The summed E-state index contributed by atoms with van der Waals surface area (Å²) in [7, 11) is 0. The largest absolute Gasteiger partial charge is 0.325 e. The van der Waals surface area contributed by atoms with E-state index < -0.39 is 0 Å². The van der Waals surface area contributed by atoms with Crippen LogP contribution in [-0.4, -0.2) is 15.3 Å². The minimum absolute atomic E-state index is 0.00101. The topological polar surface area (TPSA) is 46.4 Å². The molecular weight excluding hydrogens is 346 g/mol. The van der Waals surface area contributed by atoms with Crippen molar-refractivity contribution in [2.75, 3.05) is 5.32 Å². The Morgan fingerprint density at radius 1 is 1.04 bits per heavy atom. The fraction of sp³-hybridized carbons (Fsp3) is 0.167. The average Bonchev–Trinajstić information content (AvgIpc) is 3.15. The number of imidazole rings is 1. The van der Waals surface area contributed by atoms with Crippen molar-refractivity contribution in [2.45, 2.75) is 26.2 Å². The molecule has 2 heterocycles. The molecule has 0 spiro atoms. The molecule has 0 fully saturated rings. The Bertz CT molecular complexity index is 1120. The standard InChI is InChI=1S/C24H23N3O/c1-3-19(18-11-5-4-6-12-18)24(28)26-21-14-8-7-13-20(21)22-16-27-15-9-10-17(2)23(27)25-22/h4-16,19H,3H2,1-2H3,(H,26,28). The molecule has 0 aliphatic rings. The van der Waals surface area contributed by atoms with Gasteiger partial charge in [0.25, 0.3) is 0 Å². The number of amides is 1. The van der Waals surface area contributed by atoms with Gasteiger partial charge in [0, 0.05) is 18.0 Å². The number of benzene rings is 2. The average molecular weight is 369 g/mol. The quantitative estimate of drug-likeness (QED) is 0.509. The number of hydrogen-bond donors (Lipinski definition) is 1. The van der Waals surface area contributed by atoms with Gasteiger partial charge >= 0.3 is 0 Å². The van der Waals surface area contributed by atoms with Gasteiger partial charge in [-0.2, -0.15) is 0 Å². The molecule has 0 radical (unpaired) electrons. The number of carbonyl (C=O) groups excluding carboxylic acids is 1. The maximum atomic E-state index is 13.0. The number of nitrogens with zero attached hydrogens (tertiary/aromatic N) is 2. The number of hydrogen-bond acceptors (Lipinski definition) is 2. The molecule has 0 saturated carbocycles. The maximum Gasteiger partial charge on any atom is 0.231 e. The molecule has 1 amide bonds. The molecule has 4 rings (SSSR count). The first-order valence-corrected chi connectivity index (χ1v) is 9.57. The smallest absolute Gasteiger partial charge is 0.231 e. The third-order valence-corrected chi connectivity index (χ3v) is 5.07. The second kappa shape index (κ2) is 7.69. The van der Waals surface area contributed by atoms with Crippen molar-refractivity contribution in [1.82, 2.24) is 9.38 Å². The van der Waals surface area contributed by atoms with Gasteiger partial charge in [-0.05, 0) is 36.6 Å². The predicted octanol–water partition coefficient (Wildman–Crippen LogP) is 5.44. The van der Waals surface area contributed by atoms with E-state index in [2.05, 4.69) is 5.32 Å². The zero-order chi connectivity index (χ0) is 19.5. The van der Waals surface area contributed by atoms with Crippen molar-refractivity contribution in [2.24, 2.45) is 0 Å². The first-order chi connectivity index (χ1) is 13.7. The molecule has 28 heavy (non-hydrogen) atoms. The van der Waals surface area contributed by atoms with Crippen LogP contribution in [0.3, 0.4) is 0 Å². The van der Waals surface area contributed by atoms with Crippen LogP contribution >= 0.6 is 0 Å². The summed E-state index contributed by atoms with van der Waals surface area (Å²) in [6.45, 7) is 4.08. The van der Waals surface area contributed by atoms with Crippen LogP contribution < -0.4 is 5.32 Å². The van der Waals surface area contributed by atoms with Crippen LogP contribution in [0.15, 0.2) is 79.1 Å². The first kappa shape index (κ1) is 18.0. The van der Waals surface area contributed by atoms with Crippen molar-refractivity contribution in [1.29, 1.82) is 0 Å². The van der Waals surface area contributed by atoms with Gasteiger partial charge in [0.15, 0.2) is 0 Å². The molecule has 0 aliphatic carbocycles. The van der Waals surface area contributed by atoms with Crippen LogP contribution in [0.25, 0.3) is 16.9 Å². The molecule has 2 aromatic heterocycles. The van der Waals surface area contributed by atoms with Gasteiger partial charge in [0.2, 0.25) is 5.91 Å². The molecule has 2 aromatic carbocycles. The fourth-order valence-electron chi connectivity index (χ4n) is 3.58. The van der Waals surface area contributed by atoms with Crippen molar-refractivity contribution < 1.29 is 4.79 Å². The highest BCUT2D eigenvalue weighted by Crippen LogP contribution is 2.30. The highest BCUT2D eigenvalue weighted by Gasteiger charge is 2.20. The third kappa shape index (κ3) is 3.41. The Labute approximate surface area is 164 Å². The van der Waals surface area contributed by atoms with Gasteiger partial charge in [-0.1, -0.05) is 61.5 Å². The summed E-state index contributed by atoms with van der Waals surface area (Å²) in [4.78, 5) is 17.8. The van der Waals surface area contributed by atoms with Crippen LogP contribution in [0, 0.1) is 6.92 Å². The molecule has 4 aromatic rings. The number of aromatic nitrogens is 2. The van der Waals surface area contributed by atoms with Gasteiger partial charge in [-0.3, -0.25) is 4.79 Å². The number of rotatable bonds is 5. The lowest BCUT2D eigenvalue weighted by Crippen LogP contribution is -2.21. The summed E-state index contributed by atoms with van der Waals surface area (Å²) < 4.78 is 2.02. The van der Waals surface area contributed by atoms with Crippen molar-refractivity contribution in [3.8, 4) is 11.3 Å². The van der Waals surface area contributed by atoms with E-state index in [-0.39, 0.29) is 11.8 Å². The summed E-state index contributed by atoms with van der Waals surface area (Å²) >= 11 is 0. The minimum Gasteiger partial charge on any atom is -0.325 e. The molecule has 1 atom stereocenters. The molecule has 4 nitrogen and oxygen atoms in total. The lowest BCUT2D eigenvalue weighted by atomic mass is 9.95. The Kier molecular flexibility index (Phi) is 4.94. The first-order valence-electron chi connectivity index (χ1n) is 9.57. The van der Waals surface area contributed by atoms with E-state index in [1.54, 1.807) is 0 Å². The zero-order valence-electron chi connectivity index (χ0n) is 16.1. The maximum absolute atomic E-state index is 13.0. The number of aryl methyl sites for hydroxylation is 1. The molecular formula is C24H23N3O. The van der Waals surface area contributed by atoms with E-state index in [0.29, 0.717) is 0 Å². The van der Waals surface area contributed by atoms with Crippen LogP contribution in [-0.2, 0) is 4.79 Å². The van der Waals surface area contributed by atoms with E-state index in [4.69, 9.17) is 4.98 Å². The number of carbonyl (C=O) groups is 1. The number of para-hydroxylation sites is 1. The van der Waals surface area contributed by atoms with Gasteiger partial charge in [0.1, 0.15) is 5.65 Å². The lowest BCUT2D eigenvalue weighted by Gasteiger charge is -2.17. The van der Waals surface area contributed by atoms with E-state index in [1.165, 1.54) is 0 Å². The molecule has 0 aliphatic heterocycles. The molecule has 1 N–H and O–H groups in total. The van der Waals surface area contributed by atoms with E-state index in [0.717, 1.165) is 40.1 Å². The fourth-order valence-corrected chi connectivity index (χ4v) is 3.58. The molecule has 1 unspecified atom stereocenters. The summed E-state index contributed by atoms with van der Waals surface area (Å²) in [6, 6.07) is 21.8. The Morgan fingerprint density at radius 3 is 2.54 bits per heavy atom. The minimum atomic E-state index is -0.183. The van der Waals surface area contributed by atoms with Gasteiger partial charge in [0.05, 0.1) is 17.3 Å². The van der Waals surface area contributed by atoms with Crippen molar-refractivity contribution in [3.63, 3.8) is 0 Å². The Hall–Kier alpha value is -3.40. The van der Waals surface area contributed by atoms with Crippen molar-refractivity contribution in [3.05, 3.63) is 90.3 Å². The molecule has 4 heteroatoms. The summed E-state index contributed by atoms with van der Waals surface area (Å²) in [6.07, 6.45) is 4.73. The number of anilines is 1. The van der Waals surface area contributed by atoms with E-state index in [1.807, 2.05) is 97.4 Å². The van der Waals surface area contributed by atoms with E-state index in [9.17, 15) is 4.79 Å². The predicted molar refractivity (Wildman–Crippen MR) is 113 cm³/mol. The van der Waals surface area contributed by atoms with Crippen LogP contribution in [0.5, 0.6) is 0 Å². The highest BCUT2D eigenvalue weighted by atomic mass is 16.1. The van der Waals surface area contributed by atoms with Gasteiger partial charge < -0.3 is 9.72 Å². The van der Waals surface area contributed by atoms with Crippen LogP contribution in [0.2, 0.25) is 0 Å². The second-order valence-electron chi connectivity index (χ2n) is 6.95. The highest BCUT2D eigenvalue weighted by molar-refractivity contribution is 5.99. The Morgan fingerprint density at radius 2 is 1.79 bits per heavy atom.